The summed E-state index contributed by atoms with van der Waals surface area (Å²) in [4.78, 5) is 19.3. The Hall–Kier alpha value is -1.49. The molecule has 0 aromatic carbocycles. The van der Waals surface area contributed by atoms with Crippen molar-refractivity contribution in [1.29, 1.82) is 0 Å². The summed E-state index contributed by atoms with van der Waals surface area (Å²) in [6.45, 7) is 4.56. The third-order valence-corrected chi connectivity index (χ3v) is 3.28. The summed E-state index contributed by atoms with van der Waals surface area (Å²) in [5.74, 6) is -0.203. The third kappa shape index (κ3) is 3.49. The van der Waals surface area contributed by atoms with Gasteiger partial charge in [-0.05, 0) is 12.8 Å². The van der Waals surface area contributed by atoms with Crippen molar-refractivity contribution in [2.45, 2.75) is 26.7 Å². The third-order valence-electron chi connectivity index (χ3n) is 3.28. The second kappa shape index (κ2) is 6.30. The van der Waals surface area contributed by atoms with Crippen molar-refractivity contribution >= 4 is 5.91 Å². The predicted octanol–water partition coefficient (Wildman–Crippen LogP) is 1.01. The van der Waals surface area contributed by atoms with E-state index < -0.39 is 0 Å². The molecule has 0 atom stereocenters. The average Bonchev–Trinajstić information content (AvgIpc) is 2.41. The van der Waals surface area contributed by atoms with E-state index in [2.05, 4.69) is 15.3 Å². The second-order valence-electron chi connectivity index (χ2n) is 4.18. The molecule has 0 saturated heterocycles. The van der Waals surface area contributed by atoms with Crippen LogP contribution in [0.25, 0.3) is 0 Å². The minimum absolute atomic E-state index is 0.0750. The fourth-order valence-electron chi connectivity index (χ4n) is 1.57. The summed E-state index contributed by atoms with van der Waals surface area (Å²) in [7, 11) is 0. The molecule has 1 aromatic heterocycles. The van der Waals surface area contributed by atoms with Gasteiger partial charge >= 0.3 is 0 Å². The number of amides is 1. The van der Waals surface area contributed by atoms with Crippen LogP contribution >= 0.6 is 0 Å². The summed E-state index contributed by atoms with van der Waals surface area (Å²) < 4.78 is 0. The van der Waals surface area contributed by atoms with Crippen LogP contribution in [0.4, 0.5) is 0 Å². The van der Waals surface area contributed by atoms with Gasteiger partial charge in [0.05, 0.1) is 12.2 Å². The summed E-state index contributed by atoms with van der Waals surface area (Å²) >= 11 is 0. The van der Waals surface area contributed by atoms with Crippen LogP contribution in [0, 0.1) is 5.41 Å². The first-order chi connectivity index (χ1) is 8.17. The number of nitrogens with zero attached hydrogens (tertiary/aromatic N) is 2. The van der Waals surface area contributed by atoms with Gasteiger partial charge in [0.15, 0.2) is 0 Å². The minimum atomic E-state index is -0.231. The zero-order valence-electron chi connectivity index (χ0n) is 10.3. The Morgan fingerprint density at radius 3 is 2.41 bits per heavy atom. The number of hydrogen-bond donors (Lipinski definition) is 2. The molecule has 1 rings (SSSR count). The van der Waals surface area contributed by atoms with Gasteiger partial charge in [-0.1, -0.05) is 13.8 Å². The van der Waals surface area contributed by atoms with Crippen LogP contribution in [0.15, 0.2) is 18.7 Å². The van der Waals surface area contributed by atoms with Crippen molar-refractivity contribution < 1.29 is 9.90 Å². The van der Waals surface area contributed by atoms with Crippen molar-refractivity contribution in [2.24, 2.45) is 5.41 Å². The zero-order chi connectivity index (χ0) is 12.7. The van der Waals surface area contributed by atoms with Crippen molar-refractivity contribution in [3.05, 3.63) is 24.3 Å². The maximum absolute atomic E-state index is 11.8. The van der Waals surface area contributed by atoms with E-state index in [0.29, 0.717) is 12.1 Å². The molecule has 5 nitrogen and oxygen atoms in total. The molecule has 17 heavy (non-hydrogen) atoms. The number of carbonyl (C=O) groups is 1. The molecule has 0 fully saturated rings. The lowest BCUT2D eigenvalue weighted by atomic mass is 9.83. The molecule has 0 aliphatic carbocycles. The van der Waals surface area contributed by atoms with Crippen LogP contribution in [0.2, 0.25) is 0 Å². The summed E-state index contributed by atoms with van der Waals surface area (Å²) in [5, 5.41) is 12.2. The van der Waals surface area contributed by atoms with Gasteiger partial charge in [-0.2, -0.15) is 0 Å². The van der Waals surface area contributed by atoms with Crippen molar-refractivity contribution in [3.8, 4) is 0 Å². The molecular formula is C12H19N3O2. The highest BCUT2D eigenvalue weighted by atomic mass is 16.3. The van der Waals surface area contributed by atoms with E-state index in [1.54, 1.807) is 0 Å². The number of rotatable bonds is 6. The Bertz CT molecular complexity index is 342. The van der Waals surface area contributed by atoms with Gasteiger partial charge in [0.2, 0.25) is 0 Å². The molecule has 0 radical (unpaired) electrons. The van der Waals surface area contributed by atoms with Crippen LogP contribution < -0.4 is 5.32 Å². The fourth-order valence-corrected chi connectivity index (χ4v) is 1.57. The van der Waals surface area contributed by atoms with E-state index in [4.69, 9.17) is 0 Å². The summed E-state index contributed by atoms with van der Waals surface area (Å²) in [6.07, 6.45) is 5.98. The molecule has 5 heteroatoms. The lowest BCUT2D eigenvalue weighted by Gasteiger charge is -2.29. The monoisotopic (exact) mass is 237 g/mol. The highest BCUT2D eigenvalue weighted by Gasteiger charge is 2.25. The second-order valence-corrected chi connectivity index (χ2v) is 4.18. The van der Waals surface area contributed by atoms with Crippen molar-refractivity contribution in [3.63, 3.8) is 0 Å². The number of aromatic nitrogens is 2. The van der Waals surface area contributed by atoms with Gasteiger partial charge in [-0.3, -0.25) is 4.79 Å². The van der Waals surface area contributed by atoms with Crippen LogP contribution in [-0.2, 0) is 0 Å². The fraction of sp³-hybridized carbons (Fsp3) is 0.583. The summed E-state index contributed by atoms with van der Waals surface area (Å²) in [6, 6.07) is 0. The zero-order valence-corrected chi connectivity index (χ0v) is 10.3. The van der Waals surface area contributed by atoms with Crippen LogP contribution in [0.3, 0.4) is 0 Å². The van der Waals surface area contributed by atoms with Gasteiger partial charge in [-0.15, -0.1) is 0 Å². The first kappa shape index (κ1) is 13.6. The van der Waals surface area contributed by atoms with Crippen LogP contribution in [-0.4, -0.2) is 34.1 Å². The first-order valence-electron chi connectivity index (χ1n) is 5.81. The summed E-state index contributed by atoms with van der Waals surface area (Å²) in [5.41, 5.74) is 0.206. The molecule has 1 aromatic rings. The van der Waals surface area contributed by atoms with Crippen LogP contribution in [0.1, 0.15) is 37.0 Å². The molecule has 0 bridgehead atoms. The average molecular weight is 237 g/mol. The molecule has 0 aliphatic heterocycles. The molecule has 94 valence electrons. The van der Waals surface area contributed by atoms with Crippen molar-refractivity contribution in [2.75, 3.05) is 13.2 Å². The lowest BCUT2D eigenvalue weighted by Crippen LogP contribution is -2.39. The van der Waals surface area contributed by atoms with Gasteiger partial charge in [0.25, 0.3) is 5.91 Å². The van der Waals surface area contributed by atoms with Gasteiger partial charge in [-0.25, -0.2) is 9.97 Å². The van der Waals surface area contributed by atoms with Gasteiger partial charge < -0.3 is 10.4 Å². The maximum Gasteiger partial charge on any atom is 0.254 e. The molecular weight excluding hydrogens is 218 g/mol. The highest BCUT2D eigenvalue weighted by Crippen LogP contribution is 2.24. The smallest absolute Gasteiger partial charge is 0.254 e. The largest absolute Gasteiger partial charge is 0.396 e. The minimum Gasteiger partial charge on any atom is -0.396 e. The Morgan fingerprint density at radius 1 is 1.35 bits per heavy atom. The molecule has 0 spiro atoms. The van der Waals surface area contributed by atoms with Crippen molar-refractivity contribution in [1.82, 2.24) is 15.3 Å². The molecule has 0 aliphatic rings. The van der Waals surface area contributed by atoms with Gasteiger partial charge in [0, 0.05) is 24.4 Å². The maximum atomic E-state index is 11.8. The number of carbonyl (C=O) groups excluding carboxylic acids is 1. The molecule has 1 heterocycles. The first-order valence-corrected chi connectivity index (χ1v) is 5.81. The number of nitrogens with one attached hydrogen (secondary N) is 1. The molecule has 2 N–H and O–H groups in total. The van der Waals surface area contributed by atoms with E-state index in [1.807, 2.05) is 13.8 Å². The predicted molar refractivity (Wildman–Crippen MR) is 64.5 cm³/mol. The SMILES string of the molecule is CCC(CC)(CO)CNC(=O)c1cncnc1. The van der Waals surface area contributed by atoms with E-state index in [0.717, 1.165) is 12.8 Å². The topological polar surface area (TPSA) is 75.1 Å². The number of aliphatic hydroxyl groups excluding tert-OH is 1. The van der Waals surface area contributed by atoms with E-state index in [1.165, 1.54) is 18.7 Å². The van der Waals surface area contributed by atoms with Crippen LogP contribution in [0.5, 0.6) is 0 Å². The number of hydrogen-bond acceptors (Lipinski definition) is 4. The Kier molecular flexibility index (Phi) is 5.03. The van der Waals surface area contributed by atoms with E-state index in [-0.39, 0.29) is 17.9 Å². The van der Waals surface area contributed by atoms with E-state index in [9.17, 15) is 9.90 Å². The Balaban J connectivity index is 2.59. The molecule has 0 unspecified atom stereocenters. The lowest BCUT2D eigenvalue weighted by molar-refractivity contribution is 0.0850. The quantitative estimate of drug-likeness (QED) is 0.774. The highest BCUT2D eigenvalue weighted by molar-refractivity contribution is 5.93. The Morgan fingerprint density at radius 2 is 1.94 bits per heavy atom. The Labute approximate surface area is 101 Å². The van der Waals surface area contributed by atoms with E-state index >= 15 is 0 Å². The molecule has 1 amide bonds. The normalized spacial score (nSPS) is 11.2. The number of aliphatic hydroxyl groups is 1. The van der Waals surface area contributed by atoms with Gasteiger partial charge in [0.1, 0.15) is 6.33 Å². The molecule has 0 saturated carbocycles. The standard InChI is InChI=1S/C12H19N3O2/c1-3-12(4-2,8-16)7-15-11(17)10-5-13-9-14-6-10/h5-6,9,16H,3-4,7-8H2,1-2H3,(H,15,17).